The van der Waals surface area contributed by atoms with E-state index in [1.165, 1.54) is 77.0 Å². The van der Waals surface area contributed by atoms with Crippen molar-refractivity contribution in [3.63, 3.8) is 0 Å². The summed E-state index contributed by atoms with van der Waals surface area (Å²) in [6.07, 6.45) is 85.5. The fourth-order valence-corrected chi connectivity index (χ4v) is 7.34. The Morgan fingerprint density at radius 2 is 0.507 bits per heavy atom. The first-order chi connectivity index (χ1) is 36.0. The van der Waals surface area contributed by atoms with Gasteiger partial charge in [-0.05, 0) is 148 Å². The van der Waals surface area contributed by atoms with Crippen molar-refractivity contribution in [2.24, 2.45) is 0 Å². The number of hydrogen-bond acceptors (Lipinski definition) is 6. The van der Waals surface area contributed by atoms with E-state index in [1.54, 1.807) is 0 Å². The summed E-state index contributed by atoms with van der Waals surface area (Å²) in [5.74, 6) is -1.05. The molecule has 0 radical (unpaired) electrons. The minimum absolute atomic E-state index is 0.131. The smallest absolute Gasteiger partial charge is 0.306 e. The molecule has 0 aliphatic rings. The van der Waals surface area contributed by atoms with Crippen LogP contribution in [0.15, 0.2) is 146 Å². The highest BCUT2D eigenvalue weighted by molar-refractivity contribution is 5.71. The maximum atomic E-state index is 12.9. The lowest BCUT2D eigenvalue weighted by Crippen LogP contribution is -2.30. The van der Waals surface area contributed by atoms with Gasteiger partial charge in [0.05, 0.1) is 0 Å². The van der Waals surface area contributed by atoms with Crippen molar-refractivity contribution in [1.82, 2.24) is 0 Å². The van der Waals surface area contributed by atoms with Gasteiger partial charge in [-0.25, -0.2) is 0 Å². The van der Waals surface area contributed by atoms with Crippen LogP contribution >= 0.6 is 0 Å². The number of carbonyl (C=O) groups excluding carboxylic acids is 3. The van der Waals surface area contributed by atoms with E-state index in [9.17, 15) is 14.4 Å². The third-order valence-electron chi connectivity index (χ3n) is 11.8. The molecule has 0 saturated carbocycles. The first kappa shape index (κ1) is 68.3. The molecule has 6 nitrogen and oxygen atoms in total. The van der Waals surface area contributed by atoms with Gasteiger partial charge in [-0.2, -0.15) is 0 Å². The Morgan fingerprint density at radius 1 is 0.274 bits per heavy atom. The van der Waals surface area contributed by atoms with E-state index < -0.39 is 6.10 Å². The number of rotatable bonds is 51. The van der Waals surface area contributed by atoms with Crippen molar-refractivity contribution in [3.05, 3.63) is 146 Å². The largest absolute Gasteiger partial charge is 0.462 e. The van der Waals surface area contributed by atoms with Crippen LogP contribution < -0.4 is 0 Å². The SMILES string of the molecule is CCCCC/C=C\C/C=C\C/C=C\C/C=C\CCCCCC(=O)OC[C@@H](COC(=O)CCC/C=C\C/C=C\C/C=C\C/C=C\CCCCC)OC(=O)CCCCC/C=C\C/C=C\C/C=C\C/C=C\CCCCC. The molecular formula is C67H106O6. The fraction of sp³-hybridized carbons (Fsp3) is 0.597. The molecule has 0 aliphatic carbocycles. The minimum Gasteiger partial charge on any atom is -0.462 e. The van der Waals surface area contributed by atoms with E-state index in [4.69, 9.17) is 14.2 Å². The molecule has 0 heterocycles. The van der Waals surface area contributed by atoms with Crippen LogP contribution in [0.1, 0.15) is 239 Å². The van der Waals surface area contributed by atoms with Gasteiger partial charge in [0.2, 0.25) is 0 Å². The number of unbranched alkanes of at least 4 members (excludes halogenated alkanes) is 16. The molecule has 0 aromatic carbocycles. The van der Waals surface area contributed by atoms with Crippen molar-refractivity contribution < 1.29 is 28.6 Å². The Bertz CT molecular complexity index is 1630. The monoisotopic (exact) mass is 1010 g/mol. The molecule has 0 unspecified atom stereocenters. The summed E-state index contributed by atoms with van der Waals surface area (Å²) in [6, 6.07) is 0. The van der Waals surface area contributed by atoms with Crippen molar-refractivity contribution in [2.75, 3.05) is 13.2 Å². The average Bonchev–Trinajstić information content (AvgIpc) is 3.39. The van der Waals surface area contributed by atoms with Gasteiger partial charge in [0.1, 0.15) is 13.2 Å². The van der Waals surface area contributed by atoms with Gasteiger partial charge < -0.3 is 14.2 Å². The Hall–Kier alpha value is -4.71. The molecule has 0 aliphatic heterocycles. The van der Waals surface area contributed by atoms with Gasteiger partial charge >= 0.3 is 17.9 Å². The number of esters is 3. The Labute approximate surface area is 448 Å². The zero-order valence-corrected chi connectivity index (χ0v) is 46.8. The lowest BCUT2D eigenvalue weighted by molar-refractivity contribution is -0.167. The topological polar surface area (TPSA) is 78.9 Å². The van der Waals surface area contributed by atoms with E-state index in [1.807, 2.05) is 0 Å². The fourth-order valence-electron chi connectivity index (χ4n) is 7.34. The third kappa shape index (κ3) is 58.1. The average molecular weight is 1010 g/mol. The lowest BCUT2D eigenvalue weighted by atomic mass is 10.1. The first-order valence-electron chi connectivity index (χ1n) is 29.3. The zero-order chi connectivity index (χ0) is 52.9. The second kappa shape index (κ2) is 59.8. The molecule has 6 heteroatoms. The maximum Gasteiger partial charge on any atom is 0.306 e. The highest BCUT2D eigenvalue weighted by Gasteiger charge is 2.19. The summed E-state index contributed by atoms with van der Waals surface area (Å²) < 4.78 is 16.8. The van der Waals surface area contributed by atoms with Crippen LogP contribution in [0.4, 0.5) is 0 Å². The normalized spacial score (nSPS) is 13.2. The number of hydrogen-bond donors (Lipinski definition) is 0. The number of allylic oxidation sites excluding steroid dienone is 24. The summed E-state index contributed by atoms with van der Waals surface area (Å²) in [6.45, 7) is 6.44. The minimum atomic E-state index is -0.838. The molecule has 0 amide bonds. The summed E-state index contributed by atoms with van der Waals surface area (Å²) in [5.41, 5.74) is 0. The first-order valence-corrected chi connectivity index (χ1v) is 29.3. The van der Waals surface area contributed by atoms with Gasteiger partial charge in [0.25, 0.3) is 0 Å². The van der Waals surface area contributed by atoms with E-state index in [-0.39, 0.29) is 44.0 Å². The third-order valence-corrected chi connectivity index (χ3v) is 11.8. The van der Waals surface area contributed by atoms with Crippen LogP contribution in [-0.2, 0) is 28.6 Å². The van der Waals surface area contributed by atoms with Crippen LogP contribution in [0.2, 0.25) is 0 Å². The van der Waals surface area contributed by atoms with Gasteiger partial charge in [0.15, 0.2) is 6.10 Å². The summed E-state index contributed by atoms with van der Waals surface area (Å²) in [4.78, 5) is 38.2. The standard InChI is InChI=1S/C67H106O6/c1-4-7-10-13-16-19-22-25-28-31-33-36-39-42-45-48-51-54-57-60-66(69)72-63-64(62-71-65(68)59-56-53-50-47-44-41-38-35-30-27-24-21-18-15-12-9-6-3)73-67(70)61-58-55-52-49-46-43-40-37-34-32-29-26-23-20-17-14-11-8-5-2/h16-21,25-30,33-34,36-38,41-43,45-47,50,64H,4-15,22-24,31-32,35,39-40,44,48-49,51-63H2,1-3H3/b19-16-,20-17-,21-18-,28-25-,29-26-,30-27-,36-33-,37-34-,41-38-,45-42-,46-43-,50-47-/t64-/m1/s1. The predicted molar refractivity (Wildman–Crippen MR) is 315 cm³/mol. The van der Waals surface area contributed by atoms with Crippen LogP contribution in [0.5, 0.6) is 0 Å². The molecule has 0 spiro atoms. The molecule has 0 fully saturated rings. The van der Waals surface area contributed by atoms with Crippen LogP contribution in [0.3, 0.4) is 0 Å². The molecular weight excluding hydrogens is 901 g/mol. The number of ether oxygens (including phenoxy) is 3. The second-order valence-electron chi connectivity index (χ2n) is 18.8. The van der Waals surface area contributed by atoms with Crippen molar-refractivity contribution >= 4 is 17.9 Å². The van der Waals surface area contributed by atoms with E-state index >= 15 is 0 Å². The molecule has 0 saturated heterocycles. The molecule has 410 valence electrons. The summed E-state index contributed by atoms with van der Waals surface area (Å²) in [7, 11) is 0. The van der Waals surface area contributed by atoms with Crippen molar-refractivity contribution in [2.45, 2.75) is 245 Å². The van der Waals surface area contributed by atoms with E-state index in [0.717, 1.165) is 109 Å². The molecule has 0 bridgehead atoms. The van der Waals surface area contributed by atoms with Crippen molar-refractivity contribution in [1.29, 1.82) is 0 Å². The second-order valence-corrected chi connectivity index (χ2v) is 18.8. The Kier molecular flexibility index (Phi) is 56.0. The zero-order valence-electron chi connectivity index (χ0n) is 46.8. The van der Waals surface area contributed by atoms with E-state index in [0.29, 0.717) is 19.3 Å². The van der Waals surface area contributed by atoms with Crippen molar-refractivity contribution in [3.8, 4) is 0 Å². The van der Waals surface area contributed by atoms with Gasteiger partial charge in [-0.1, -0.05) is 218 Å². The molecule has 0 aromatic rings. The molecule has 73 heavy (non-hydrogen) atoms. The summed E-state index contributed by atoms with van der Waals surface area (Å²) in [5, 5.41) is 0. The van der Waals surface area contributed by atoms with Gasteiger partial charge in [-0.3, -0.25) is 14.4 Å². The molecule has 0 aromatic heterocycles. The highest BCUT2D eigenvalue weighted by Crippen LogP contribution is 2.11. The molecule has 0 rings (SSSR count). The van der Waals surface area contributed by atoms with Gasteiger partial charge in [-0.15, -0.1) is 0 Å². The summed E-state index contributed by atoms with van der Waals surface area (Å²) >= 11 is 0. The Balaban J connectivity index is 4.62. The van der Waals surface area contributed by atoms with Gasteiger partial charge in [0, 0.05) is 19.3 Å². The molecule has 1 atom stereocenters. The van der Waals surface area contributed by atoms with E-state index in [2.05, 4.69) is 167 Å². The highest BCUT2D eigenvalue weighted by atomic mass is 16.6. The predicted octanol–water partition coefficient (Wildman–Crippen LogP) is 20.0. The van der Waals surface area contributed by atoms with Crippen LogP contribution in [0, 0.1) is 0 Å². The number of carbonyl (C=O) groups is 3. The van der Waals surface area contributed by atoms with Crippen LogP contribution in [-0.4, -0.2) is 37.2 Å². The van der Waals surface area contributed by atoms with Crippen LogP contribution in [0.25, 0.3) is 0 Å². The Morgan fingerprint density at radius 3 is 0.795 bits per heavy atom. The quantitative estimate of drug-likeness (QED) is 0.0261. The molecule has 0 N–H and O–H groups in total. The maximum absolute atomic E-state index is 12.9. The lowest BCUT2D eigenvalue weighted by Gasteiger charge is -2.18.